The predicted octanol–water partition coefficient (Wildman–Crippen LogP) is 0.997. The molecule has 1 unspecified atom stereocenters. The largest absolute Gasteiger partial charge is 0.409 e. The Labute approximate surface area is 121 Å². The van der Waals surface area contributed by atoms with Crippen molar-refractivity contribution in [3.63, 3.8) is 0 Å². The maximum Gasteiger partial charge on any atom is 0.233 e. The lowest BCUT2D eigenvalue weighted by Crippen LogP contribution is -2.51. The van der Waals surface area contributed by atoms with Crippen LogP contribution in [0.2, 0.25) is 0 Å². The monoisotopic (exact) mass is 284 g/mol. The Morgan fingerprint density at radius 1 is 1.50 bits per heavy atom. The number of nitrogens with one attached hydrogen (secondary N) is 1. The van der Waals surface area contributed by atoms with Gasteiger partial charge in [-0.1, -0.05) is 19.0 Å². The first-order valence-corrected chi connectivity index (χ1v) is 7.22. The number of nitrogens with zero attached hydrogens (tertiary/aromatic N) is 2. The summed E-state index contributed by atoms with van der Waals surface area (Å²) in [6.07, 6.45) is 2.63. The van der Waals surface area contributed by atoms with E-state index in [2.05, 4.69) is 29.3 Å². The average molecular weight is 284 g/mol. The van der Waals surface area contributed by atoms with E-state index < -0.39 is 5.41 Å². The van der Waals surface area contributed by atoms with Gasteiger partial charge in [0.05, 0.1) is 0 Å². The van der Waals surface area contributed by atoms with Crippen molar-refractivity contribution >= 4 is 11.7 Å². The molecule has 1 atom stereocenters. The summed E-state index contributed by atoms with van der Waals surface area (Å²) in [5.74, 6) is -0.207. The summed E-state index contributed by atoms with van der Waals surface area (Å²) in [6.45, 7) is 8.50. The minimum Gasteiger partial charge on any atom is -0.409 e. The molecule has 0 aromatic carbocycles. The van der Waals surface area contributed by atoms with Crippen LogP contribution in [-0.4, -0.2) is 48.5 Å². The number of hydrogen-bond acceptors (Lipinski definition) is 4. The van der Waals surface area contributed by atoms with Crippen molar-refractivity contribution in [1.82, 2.24) is 10.2 Å². The predicted molar refractivity (Wildman–Crippen MR) is 79.7 cm³/mol. The first kappa shape index (κ1) is 16.8. The lowest BCUT2D eigenvalue weighted by molar-refractivity contribution is -0.127. The molecule has 0 aliphatic carbocycles. The molecule has 0 aromatic rings. The summed E-state index contributed by atoms with van der Waals surface area (Å²) in [5.41, 5.74) is 4.83. The maximum atomic E-state index is 12.4. The third-order valence-corrected chi connectivity index (χ3v) is 4.75. The fourth-order valence-electron chi connectivity index (χ4n) is 2.39. The quantitative estimate of drug-likeness (QED) is 0.304. The Morgan fingerprint density at radius 3 is 2.50 bits per heavy atom. The zero-order valence-corrected chi connectivity index (χ0v) is 13.1. The second-order valence-electron chi connectivity index (χ2n) is 6.47. The second-order valence-corrected chi connectivity index (χ2v) is 6.47. The minimum atomic E-state index is -0.948. The average Bonchev–Trinajstić information content (AvgIpc) is 2.46. The van der Waals surface area contributed by atoms with Gasteiger partial charge in [-0.25, -0.2) is 0 Å². The van der Waals surface area contributed by atoms with Gasteiger partial charge in [0.25, 0.3) is 0 Å². The van der Waals surface area contributed by atoms with Crippen LogP contribution in [0.5, 0.6) is 0 Å². The standard InChI is InChI=1S/C14H28N4O2/c1-5-14(3,11(15)17-20)12(19)16-10-13(2)6-8-18(4)9-7-13/h20H,5-10H2,1-4H3,(H2,15,17)(H,16,19). The molecule has 1 amide bonds. The number of amides is 1. The molecule has 1 aliphatic heterocycles. The Balaban J connectivity index is 2.62. The van der Waals surface area contributed by atoms with Gasteiger partial charge in [0, 0.05) is 6.54 Å². The Morgan fingerprint density at radius 2 is 2.05 bits per heavy atom. The highest BCUT2D eigenvalue weighted by molar-refractivity contribution is 6.06. The molecule has 6 nitrogen and oxygen atoms in total. The highest BCUT2D eigenvalue weighted by Crippen LogP contribution is 2.30. The van der Waals surface area contributed by atoms with Crippen molar-refractivity contribution in [2.45, 2.75) is 40.0 Å². The fraction of sp³-hybridized carbons (Fsp3) is 0.857. The number of amidine groups is 1. The number of piperidine rings is 1. The summed E-state index contributed by atoms with van der Waals surface area (Å²) < 4.78 is 0. The van der Waals surface area contributed by atoms with Crippen LogP contribution < -0.4 is 11.1 Å². The fourth-order valence-corrected chi connectivity index (χ4v) is 2.39. The second kappa shape index (κ2) is 6.43. The van der Waals surface area contributed by atoms with Crippen LogP contribution in [0.15, 0.2) is 5.16 Å². The number of hydrogen-bond donors (Lipinski definition) is 3. The minimum absolute atomic E-state index is 0.0361. The van der Waals surface area contributed by atoms with E-state index in [-0.39, 0.29) is 17.2 Å². The van der Waals surface area contributed by atoms with Crippen molar-refractivity contribution in [3.8, 4) is 0 Å². The molecule has 116 valence electrons. The number of rotatable bonds is 5. The van der Waals surface area contributed by atoms with Gasteiger partial charge in [-0.05, 0) is 51.7 Å². The maximum absolute atomic E-state index is 12.4. The van der Waals surface area contributed by atoms with Gasteiger partial charge in [0.2, 0.25) is 5.91 Å². The smallest absolute Gasteiger partial charge is 0.233 e. The molecule has 0 saturated carbocycles. The van der Waals surface area contributed by atoms with E-state index >= 15 is 0 Å². The van der Waals surface area contributed by atoms with Crippen LogP contribution in [-0.2, 0) is 4.79 Å². The molecule has 0 aromatic heterocycles. The third kappa shape index (κ3) is 3.62. The lowest BCUT2D eigenvalue weighted by Gasteiger charge is -2.38. The van der Waals surface area contributed by atoms with Gasteiger partial charge in [0.1, 0.15) is 5.41 Å². The van der Waals surface area contributed by atoms with Gasteiger partial charge in [-0.15, -0.1) is 0 Å². The van der Waals surface area contributed by atoms with E-state index in [0.717, 1.165) is 25.9 Å². The Kier molecular flexibility index (Phi) is 5.39. The Bertz CT molecular complexity index is 375. The summed E-state index contributed by atoms with van der Waals surface area (Å²) in [6, 6.07) is 0. The van der Waals surface area contributed by atoms with Crippen LogP contribution in [0.1, 0.15) is 40.0 Å². The van der Waals surface area contributed by atoms with Crippen molar-refractivity contribution in [2.24, 2.45) is 21.7 Å². The molecule has 1 saturated heterocycles. The first-order valence-electron chi connectivity index (χ1n) is 7.22. The number of likely N-dealkylation sites (tertiary alicyclic amines) is 1. The zero-order valence-electron chi connectivity index (χ0n) is 13.1. The van der Waals surface area contributed by atoms with Gasteiger partial charge in [0.15, 0.2) is 5.84 Å². The van der Waals surface area contributed by atoms with Crippen molar-refractivity contribution in [1.29, 1.82) is 0 Å². The van der Waals surface area contributed by atoms with Crippen LogP contribution in [0.4, 0.5) is 0 Å². The molecule has 1 rings (SSSR count). The van der Waals surface area contributed by atoms with Crippen LogP contribution in [0.25, 0.3) is 0 Å². The van der Waals surface area contributed by atoms with Crippen molar-refractivity contribution in [3.05, 3.63) is 0 Å². The molecule has 1 heterocycles. The molecule has 6 heteroatoms. The normalized spacial score (nSPS) is 23.1. The SMILES string of the molecule is CCC(C)(C(=O)NCC1(C)CCN(C)CC1)C(N)=NO. The van der Waals surface area contributed by atoms with E-state index in [1.807, 2.05) is 6.92 Å². The molecular formula is C14H28N4O2. The highest BCUT2D eigenvalue weighted by Gasteiger charge is 2.38. The molecule has 4 N–H and O–H groups in total. The van der Waals surface area contributed by atoms with Gasteiger partial charge in [-0.3, -0.25) is 4.79 Å². The number of carbonyl (C=O) groups excluding carboxylic acids is 1. The summed E-state index contributed by atoms with van der Waals surface area (Å²) in [5, 5.41) is 14.8. The van der Waals surface area contributed by atoms with E-state index in [4.69, 9.17) is 10.9 Å². The van der Waals surface area contributed by atoms with E-state index in [1.165, 1.54) is 0 Å². The molecular weight excluding hydrogens is 256 g/mol. The summed E-state index contributed by atoms with van der Waals surface area (Å²) >= 11 is 0. The molecule has 1 fully saturated rings. The zero-order chi connectivity index (χ0) is 15.4. The topological polar surface area (TPSA) is 91.0 Å². The number of carbonyl (C=O) groups is 1. The van der Waals surface area contributed by atoms with Crippen LogP contribution >= 0.6 is 0 Å². The van der Waals surface area contributed by atoms with Crippen molar-refractivity contribution in [2.75, 3.05) is 26.7 Å². The number of nitrogens with two attached hydrogens (primary N) is 1. The molecule has 0 bridgehead atoms. The van der Waals surface area contributed by atoms with E-state index in [0.29, 0.717) is 13.0 Å². The molecule has 1 aliphatic rings. The van der Waals surface area contributed by atoms with Crippen LogP contribution in [0.3, 0.4) is 0 Å². The first-order chi connectivity index (χ1) is 9.27. The summed E-state index contributed by atoms with van der Waals surface area (Å²) in [7, 11) is 2.12. The third-order valence-electron chi connectivity index (χ3n) is 4.75. The highest BCUT2D eigenvalue weighted by atomic mass is 16.4. The molecule has 0 radical (unpaired) electrons. The molecule has 20 heavy (non-hydrogen) atoms. The molecule has 0 spiro atoms. The van der Waals surface area contributed by atoms with E-state index in [1.54, 1.807) is 6.92 Å². The number of oxime groups is 1. The van der Waals surface area contributed by atoms with Crippen LogP contribution in [0, 0.1) is 10.8 Å². The lowest BCUT2D eigenvalue weighted by atomic mass is 9.79. The Hall–Kier alpha value is -1.30. The van der Waals surface area contributed by atoms with Gasteiger partial charge < -0.3 is 21.2 Å². The van der Waals surface area contributed by atoms with E-state index in [9.17, 15) is 4.79 Å². The summed E-state index contributed by atoms with van der Waals surface area (Å²) in [4.78, 5) is 14.7. The van der Waals surface area contributed by atoms with Gasteiger partial charge >= 0.3 is 0 Å². The van der Waals surface area contributed by atoms with Gasteiger partial charge in [-0.2, -0.15) is 0 Å². The van der Waals surface area contributed by atoms with Crippen molar-refractivity contribution < 1.29 is 10.0 Å².